The van der Waals surface area contributed by atoms with Crippen LogP contribution in [0.2, 0.25) is 0 Å². The third kappa shape index (κ3) is 3.23. The van der Waals surface area contributed by atoms with E-state index in [9.17, 15) is 4.79 Å². The molecule has 1 atom stereocenters. The molecule has 1 aromatic heterocycles. The second-order valence-corrected chi connectivity index (χ2v) is 4.60. The number of hydrogen-bond donors (Lipinski definition) is 1. The number of rotatable bonds is 4. The summed E-state index contributed by atoms with van der Waals surface area (Å²) in [5.74, 6) is 0. The van der Waals surface area contributed by atoms with Crippen molar-refractivity contribution in [2.45, 2.75) is 19.4 Å². The summed E-state index contributed by atoms with van der Waals surface area (Å²) in [7, 11) is 1.76. The average Bonchev–Trinajstić information content (AvgIpc) is 2.35. The molecule has 0 aliphatic carbocycles. The fourth-order valence-electron chi connectivity index (χ4n) is 1.98. The molecule has 3 heteroatoms. The molecule has 0 radical (unpaired) electrons. The first-order chi connectivity index (χ1) is 8.65. The van der Waals surface area contributed by atoms with Crippen LogP contribution in [0.15, 0.2) is 53.5 Å². The summed E-state index contributed by atoms with van der Waals surface area (Å²) in [4.78, 5) is 11.3. The lowest BCUT2D eigenvalue weighted by molar-refractivity contribution is 0.782. The number of nitrogens with zero attached hydrogens (tertiary/aromatic N) is 1. The normalized spacial score (nSPS) is 12.1. The maximum absolute atomic E-state index is 11.3. The molecule has 1 N–H and O–H groups in total. The zero-order valence-corrected chi connectivity index (χ0v) is 10.8. The monoisotopic (exact) mass is 242 g/mol. The number of benzene rings is 1. The molecule has 0 fully saturated rings. The summed E-state index contributed by atoms with van der Waals surface area (Å²) in [6.07, 6.45) is 2.79. The van der Waals surface area contributed by atoms with E-state index in [4.69, 9.17) is 0 Å². The number of pyridine rings is 1. The number of hydrogen-bond acceptors (Lipinski definition) is 2. The minimum Gasteiger partial charge on any atom is -0.381 e. The molecule has 3 nitrogen and oxygen atoms in total. The third-order valence-electron chi connectivity index (χ3n) is 2.88. The van der Waals surface area contributed by atoms with Gasteiger partial charge < -0.3 is 9.88 Å². The Morgan fingerprint density at radius 3 is 2.56 bits per heavy atom. The maximum atomic E-state index is 11.3. The van der Waals surface area contributed by atoms with Gasteiger partial charge in [0.25, 0.3) is 0 Å². The van der Waals surface area contributed by atoms with Gasteiger partial charge in [-0.1, -0.05) is 30.3 Å². The molecule has 1 unspecified atom stereocenters. The van der Waals surface area contributed by atoms with Crippen LogP contribution >= 0.6 is 0 Å². The summed E-state index contributed by atoms with van der Waals surface area (Å²) in [6.45, 7) is 2.14. The molecule has 0 spiro atoms. The highest BCUT2D eigenvalue weighted by molar-refractivity contribution is 5.41. The molecule has 2 aromatic rings. The molecule has 1 aromatic carbocycles. The lowest BCUT2D eigenvalue weighted by Crippen LogP contribution is -2.21. The van der Waals surface area contributed by atoms with Gasteiger partial charge in [-0.2, -0.15) is 0 Å². The Hall–Kier alpha value is -2.03. The highest BCUT2D eigenvalue weighted by Gasteiger charge is 2.03. The minimum atomic E-state index is 0.0104. The number of anilines is 1. The Morgan fingerprint density at radius 1 is 1.17 bits per heavy atom. The van der Waals surface area contributed by atoms with E-state index in [1.807, 2.05) is 30.5 Å². The lowest BCUT2D eigenvalue weighted by Gasteiger charge is -2.15. The van der Waals surface area contributed by atoms with Gasteiger partial charge in [0, 0.05) is 25.4 Å². The van der Waals surface area contributed by atoms with Crippen LogP contribution in [-0.2, 0) is 13.5 Å². The minimum absolute atomic E-state index is 0.0104. The van der Waals surface area contributed by atoms with Crippen LogP contribution in [0.3, 0.4) is 0 Å². The molecule has 1 heterocycles. The number of nitrogens with one attached hydrogen (secondary N) is 1. The van der Waals surface area contributed by atoms with Crippen LogP contribution < -0.4 is 10.9 Å². The van der Waals surface area contributed by atoms with Crippen LogP contribution in [0.25, 0.3) is 0 Å². The van der Waals surface area contributed by atoms with E-state index in [2.05, 4.69) is 24.4 Å². The fraction of sp³-hybridized carbons (Fsp3) is 0.267. The molecule has 18 heavy (non-hydrogen) atoms. The van der Waals surface area contributed by atoms with E-state index >= 15 is 0 Å². The van der Waals surface area contributed by atoms with E-state index in [0.717, 1.165) is 12.1 Å². The molecule has 0 bridgehead atoms. The lowest BCUT2D eigenvalue weighted by atomic mass is 10.1. The zero-order valence-electron chi connectivity index (χ0n) is 10.8. The summed E-state index contributed by atoms with van der Waals surface area (Å²) in [5, 5.41) is 3.40. The molecule has 0 saturated heterocycles. The van der Waals surface area contributed by atoms with Crippen molar-refractivity contribution >= 4 is 5.69 Å². The van der Waals surface area contributed by atoms with Crippen molar-refractivity contribution in [2.75, 3.05) is 5.32 Å². The summed E-state index contributed by atoms with van der Waals surface area (Å²) < 4.78 is 1.58. The summed E-state index contributed by atoms with van der Waals surface area (Å²) in [6, 6.07) is 14.1. The van der Waals surface area contributed by atoms with Crippen molar-refractivity contribution in [3.05, 3.63) is 64.6 Å². The maximum Gasteiger partial charge on any atom is 0.250 e. The predicted octanol–water partition coefficient (Wildman–Crippen LogP) is 2.43. The molecular weight excluding hydrogens is 224 g/mol. The number of aromatic nitrogens is 1. The first-order valence-corrected chi connectivity index (χ1v) is 6.12. The Labute approximate surface area is 107 Å². The van der Waals surface area contributed by atoms with Gasteiger partial charge in [-0.25, -0.2) is 0 Å². The van der Waals surface area contributed by atoms with Crippen molar-refractivity contribution < 1.29 is 0 Å². The Morgan fingerprint density at radius 2 is 1.89 bits per heavy atom. The fourth-order valence-corrected chi connectivity index (χ4v) is 1.98. The molecule has 0 saturated carbocycles. The van der Waals surface area contributed by atoms with Gasteiger partial charge >= 0.3 is 0 Å². The molecular formula is C15H18N2O. The van der Waals surface area contributed by atoms with Gasteiger partial charge in [-0.05, 0) is 25.0 Å². The van der Waals surface area contributed by atoms with Crippen LogP contribution in [0, 0.1) is 0 Å². The quantitative estimate of drug-likeness (QED) is 0.893. The van der Waals surface area contributed by atoms with Crippen LogP contribution in [0.5, 0.6) is 0 Å². The van der Waals surface area contributed by atoms with Gasteiger partial charge in [0.05, 0.1) is 5.69 Å². The van der Waals surface area contributed by atoms with E-state index in [-0.39, 0.29) is 5.56 Å². The van der Waals surface area contributed by atoms with Gasteiger partial charge in [-0.3, -0.25) is 4.79 Å². The standard InChI is InChI=1S/C15H18N2O/c1-12(10-13-6-4-3-5-7-13)16-14-8-9-15(18)17(2)11-14/h3-9,11-12,16H,10H2,1-2H3. The van der Waals surface area contributed by atoms with E-state index in [0.29, 0.717) is 6.04 Å². The van der Waals surface area contributed by atoms with Crippen molar-refractivity contribution in [3.63, 3.8) is 0 Å². The van der Waals surface area contributed by atoms with Gasteiger partial charge in [0.1, 0.15) is 0 Å². The first kappa shape index (κ1) is 12.4. The van der Waals surface area contributed by atoms with Crippen molar-refractivity contribution in [2.24, 2.45) is 7.05 Å². The molecule has 2 rings (SSSR count). The Bertz CT molecular complexity index is 560. The number of aryl methyl sites for hydroxylation is 1. The predicted molar refractivity (Wildman–Crippen MR) is 74.9 cm³/mol. The SMILES string of the molecule is CC(Cc1ccccc1)Nc1ccc(=O)n(C)c1. The highest BCUT2D eigenvalue weighted by Crippen LogP contribution is 2.09. The molecule has 0 aliphatic rings. The smallest absolute Gasteiger partial charge is 0.250 e. The van der Waals surface area contributed by atoms with Crippen LogP contribution in [-0.4, -0.2) is 10.6 Å². The Balaban J connectivity index is 2.01. The summed E-state index contributed by atoms with van der Waals surface area (Å²) in [5.41, 5.74) is 2.29. The van der Waals surface area contributed by atoms with E-state index < -0.39 is 0 Å². The van der Waals surface area contributed by atoms with Crippen molar-refractivity contribution in [1.82, 2.24) is 4.57 Å². The zero-order chi connectivity index (χ0) is 13.0. The van der Waals surface area contributed by atoms with Crippen LogP contribution in [0.4, 0.5) is 5.69 Å². The second kappa shape index (κ2) is 5.54. The van der Waals surface area contributed by atoms with E-state index in [1.54, 1.807) is 17.7 Å². The van der Waals surface area contributed by atoms with Gasteiger partial charge in [-0.15, -0.1) is 0 Å². The van der Waals surface area contributed by atoms with E-state index in [1.165, 1.54) is 5.56 Å². The highest BCUT2D eigenvalue weighted by atomic mass is 16.1. The third-order valence-corrected chi connectivity index (χ3v) is 2.88. The molecule has 94 valence electrons. The van der Waals surface area contributed by atoms with Crippen molar-refractivity contribution in [1.29, 1.82) is 0 Å². The summed E-state index contributed by atoms with van der Waals surface area (Å²) >= 11 is 0. The Kier molecular flexibility index (Phi) is 3.82. The van der Waals surface area contributed by atoms with Crippen molar-refractivity contribution in [3.8, 4) is 0 Å². The average molecular weight is 242 g/mol. The second-order valence-electron chi connectivity index (χ2n) is 4.60. The van der Waals surface area contributed by atoms with Gasteiger partial charge in [0.2, 0.25) is 5.56 Å². The topological polar surface area (TPSA) is 34.0 Å². The van der Waals surface area contributed by atoms with Crippen LogP contribution in [0.1, 0.15) is 12.5 Å². The largest absolute Gasteiger partial charge is 0.381 e. The molecule has 0 amide bonds. The van der Waals surface area contributed by atoms with Gasteiger partial charge in [0.15, 0.2) is 0 Å². The first-order valence-electron chi connectivity index (χ1n) is 6.12. The molecule has 0 aliphatic heterocycles.